The first kappa shape index (κ1) is 14.3. The Morgan fingerprint density at radius 2 is 2.21 bits per heavy atom. The zero-order valence-corrected chi connectivity index (χ0v) is 12.7. The van der Waals surface area contributed by atoms with E-state index in [1.165, 1.54) is 0 Å². The first-order valence-electron chi connectivity index (χ1n) is 6.02. The topological polar surface area (TPSA) is 55.3 Å². The highest BCUT2D eigenvalue weighted by atomic mass is 35.5. The van der Waals surface area contributed by atoms with E-state index in [9.17, 15) is 4.79 Å². The number of halogens is 1. The van der Waals surface area contributed by atoms with Crippen molar-refractivity contribution in [2.24, 2.45) is 0 Å². The summed E-state index contributed by atoms with van der Waals surface area (Å²) in [4.78, 5) is 13.7. The molecule has 1 aliphatic rings. The predicted octanol–water partition coefficient (Wildman–Crippen LogP) is 3.22. The van der Waals surface area contributed by atoms with Gasteiger partial charge in [-0.05, 0) is 32.8 Å². The molecule has 104 valence electrons. The molecule has 1 aliphatic heterocycles. The average molecular weight is 302 g/mol. The molecule has 0 spiro atoms. The number of amides is 1. The van der Waals surface area contributed by atoms with Gasteiger partial charge in [0, 0.05) is 6.54 Å². The van der Waals surface area contributed by atoms with Crippen molar-refractivity contribution >= 4 is 35.0 Å². The van der Waals surface area contributed by atoms with E-state index in [-0.39, 0.29) is 6.09 Å². The molecule has 0 N–H and O–H groups in total. The van der Waals surface area contributed by atoms with Crippen molar-refractivity contribution in [3.05, 3.63) is 16.9 Å². The van der Waals surface area contributed by atoms with Crippen LogP contribution in [0.5, 0.6) is 0 Å². The van der Waals surface area contributed by atoms with Crippen LogP contribution in [-0.2, 0) is 4.74 Å². The molecular formula is C12H16ClN3O2S. The molecular weight excluding hydrogens is 286 g/mol. The van der Waals surface area contributed by atoms with Crippen LogP contribution in [0.25, 0.3) is 5.57 Å². The van der Waals surface area contributed by atoms with Crippen molar-refractivity contribution in [1.82, 2.24) is 13.6 Å². The molecule has 0 bridgehead atoms. The van der Waals surface area contributed by atoms with E-state index >= 15 is 0 Å². The lowest BCUT2D eigenvalue weighted by molar-refractivity contribution is 0.0273. The summed E-state index contributed by atoms with van der Waals surface area (Å²) in [7, 11) is 0. The lowest BCUT2D eigenvalue weighted by Crippen LogP contribution is -2.39. The van der Waals surface area contributed by atoms with Crippen molar-refractivity contribution in [1.29, 1.82) is 0 Å². The van der Waals surface area contributed by atoms with Crippen molar-refractivity contribution in [3.8, 4) is 0 Å². The van der Waals surface area contributed by atoms with Gasteiger partial charge in [0.2, 0.25) is 0 Å². The van der Waals surface area contributed by atoms with Crippen LogP contribution in [0.1, 0.15) is 32.9 Å². The maximum atomic E-state index is 12.0. The molecule has 1 aromatic heterocycles. The normalized spacial score (nSPS) is 16.2. The quantitative estimate of drug-likeness (QED) is 0.799. The van der Waals surface area contributed by atoms with E-state index in [1.807, 2.05) is 26.8 Å². The van der Waals surface area contributed by atoms with E-state index in [2.05, 4.69) is 8.75 Å². The molecule has 1 aromatic rings. The second kappa shape index (κ2) is 5.46. The molecule has 0 saturated carbocycles. The number of hydrogen-bond donors (Lipinski definition) is 0. The Labute approximate surface area is 121 Å². The highest BCUT2D eigenvalue weighted by molar-refractivity contribution is 6.99. The Kier molecular flexibility index (Phi) is 4.10. The maximum Gasteiger partial charge on any atom is 0.410 e. The van der Waals surface area contributed by atoms with Crippen molar-refractivity contribution in [2.75, 3.05) is 13.1 Å². The number of ether oxygens (including phenoxy) is 1. The molecule has 5 nitrogen and oxygen atoms in total. The fourth-order valence-electron chi connectivity index (χ4n) is 1.77. The van der Waals surface area contributed by atoms with Gasteiger partial charge in [-0.2, -0.15) is 8.75 Å². The second-order valence-electron chi connectivity index (χ2n) is 5.32. The Morgan fingerprint density at radius 3 is 2.79 bits per heavy atom. The minimum absolute atomic E-state index is 0.308. The number of carbonyl (C=O) groups excluding carboxylic acids is 1. The van der Waals surface area contributed by atoms with E-state index < -0.39 is 5.60 Å². The number of rotatable bonds is 1. The summed E-state index contributed by atoms with van der Waals surface area (Å²) in [6.45, 7) is 6.67. The summed E-state index contributed by atoms with van der Waals surface area (Å²) in [5.41, 5.74) is 1.11. The van der Waals surface area contributed by atoms with Crippen LogP contribution < -0.4 is 0 Å². The third-order valence-corrected chi connectivity index (χ3v) is 3.45. The number of aromatic nitrogens is 2. The van der Waals surface area contributed by atoms with Crippen LogP contribution in [0.3, 0.4) is 0 Å². The van der Waals surface area contributed by atoms with Crippen molar-refractivity contribution in [3.63, 3.8) is 0 Å². The first-order chi connectivity index (χ1) is 8.87. The van der Waals surface area contributed by atoms with Gasteiger partial charge in [-0.3, -0.25) is 0 Å². The Balaban J connectivity index is 2.07. The minimum atomic E-state index is -0.488. The number of hydrogen-bond acceptors (Lipinski definition) is 5. The zero-order chi connectivity index (χ0) is 14.0. The smallest absolute Gasteiger partial charge is 0.410 e. The van der Waals surface area contributed by atoms with Gasteiger partial charge in [0.15, 0.2) is 5.15 Å². The standard InChI is InChI=1S/C12H16ClN3O2S/c1-12(2,3)18-11(17)16-6-4-5-8(7-16)9-10(13)15-19-14-9/h5H,4,6-7H2,1-3H3. The van der Waals surface area contributed by atoms with Crippen molar-refractivity contribution in [2.45, 2.75) is 32.8 Å². The third kappa shape index (κ3) is 3.67. The lowest BCUT2D eigenvalue weighted by Gasteiger charge is -2.29. The van der Waals surface area contributed by atoms with Crippen LogP contribution in [0, 0.1) is 0 Å². The van der Waals surface area contributed by atoms with Gasteiger partial charge in [-0.1, -0.05) is 17.7 Å². The van der Waals surface area contributed by atoms with Gasteiger partial charge in [0.05, 0.1) is 18.3 Å². The van der Waals surface area contributed by atoms with E-state index in [0.29, 0.717) is 23.9 Å². The zero-order valence-electron chi connectivity index (χ0n) is 11.1. The first-order valence-corrected chi connectivity index (χ1v) is 7.13. The van der Waals surface area contributed by atoms with E-state index in [4.69, 9.17) is 16.3 Å². The van der Waals surface area contributed by atoms with Crippen LogP contribution in [0.2, 0.25) is 5.15 Å². The van der Waals surface area contributed by atoms with Crippen LogP contribution in [0.4, 0.5) is 4.79 Å². The average Bonchev–Trinajstić information content (AvgIpc) is 2.73. The molecule has 0 saturated heterocycles. The minimum Gasteiger partial charge on any atom is -0.444 e. The predicted molar refractivity (Wildman–Crippen MR) is 75.3 cm³/mol. The molecule has 0 aromatic carbocycles. The molecule has 1 amide bonds. The summed E-state index contributed by atoms with van der Waals surface area (Å²) in [5, 5.41) is 0.391. The molecule has 2 rings (SSSR count). The fraction of sp³-hybridized carbons (Fsp3) is 0.583. The van der Waals surface area contributed by atoms with E-state index in [1.54, 1.807) is 4.90 Å². The van der Waals surface area contributed by atoms with Gasteiger partial charge in [-0.15, -0.1) is 0 Å². The number of carbonyl (C=O) groups is 1. The monoisotopic (exact) mass is 301 g/mol. The molecule has 0 atom stereocenters. The fourth-order valence-corrected chi connectivity index (χ4v) is 2.56. The Morgan fingerprint density at radius 1 is 1.47 bits per heavy atom. The van der Waals surface area contributed by atoms with Crippen LogP contribution >= 0.6 is 23.3 Å². The maximum absolute atomic E-state index is 12.0. The van der Waals surface area contributed by atoms with Gasteiger partial charge in [0.25, 0.3) is 0 Å². The third-order valence-electron chi connectivity index (χ3n) is 2.56. The highest BCUT2D eigenvalue weighted by Crippen LogP contribution is 2.26. The number of nitrogens with zero attached hydrogens (tertiary/aromatic N) is 3. The largest absolute Gasteiger partial charge is 0.444 e. The Bertz CT molecular complexity index is 507. The lowest BCUT2D eigenvalue weighted by atomic mass is 10.1. The van der Waals surface area contributed by atoms with Gasteiger partial charge < -0.3 is 9.64 Å². The van der Waals surface area contributed by atoms with Crippen LogP contribution in [-0.4, -0.2) is 38.4 Å². The molecule has 19 heavy (non-hydrogen) atoms. The molecule has 0 aliphatic carbocycles. The molecule has 0 radical (unpaired) electrons. The van der Waals surface area contributed by atoms with Crippen LogP contribution in [0.15, 0.2) is 6.08 Å². The summed E-state index contributed by atoms with van der Waals surface area (Å²) >= 11 is 7.04. The molecule has 0 unspecified atom stereocenters. The summed E-state index contributed by atoms with van der Waals surface area (Å²) < 4.78 is 13.5. The second-order valence-corrected chi connectivity index (χ2v) is 6.21. The van der Waals surface area contributed by atoms with Gasteiger partial charge in [-0.25, -0.2) is 4.79 Å². The van der Waals surface area contributed by atoms with Gasteiger partial charge >= 0.3 is 6.09 Å². The highest BCUT2D eigenvalue weighted by Gasteiger charge is 2.26. The van der Waals surface area contributed by atoms with Crippen molar-refractivity contribution < 1.29 is 9.53 Å². The molecule has 2 heterocycles. The molecule has 0 fully saturated rings. The molecule has 7 heteroatoms. The summed E-state index contributed by atoms with van der Waals surface area (Å²) in [6.07, 6.45) is 2.50. The van der Waals surface area contributed by atoms with Gasteiger partial charge in [0.1, 0.15) is 11.3 Å². The Hall–Kier alpha value is -1.14. The summed E-state index contributed by atoms with van der Waals surface area (Å²) in [5.74, 6) is 0. The summed E-state index contributed by atoms with van der Waals surface area (Å²) in [6, 6.07) is 0. The van der Waals surface area contributed by atoms with E-state index in [0.717, 1.165) is 23.7 Å². The SMILES string of the molecule is CC(C)(C)OC(=O)N1CCC=C(c2nsnc2Cl)C1.